The van der Waals surface area contributed by atoms with Crippen LogP contribution in [0.2, 0.25) is 0 Å². The van der Waals surface area contributed by atoms with Crippen LogP contribution in [0, 0.1) is 5.92 Å². The highest BCUT2D eigenvalue weighted by atomic mass is 35.5. The van der Waals surface area contributed by atoms with Crippen LogP contribution in [0.1, 0.15) is 45.1 Å². The molecule has 0 aliphatic carbocycles. The summed E-state index contributed by atoms with van der Waals surface area (Å²) in [6, 6.07) is 7.93. The Morgan fingerprint density at radius 2 is 1.91 bits per heavy atom. The van der Waals surface area contributed by atoms with Gasteiger partial charge in [-0.2, -0.15) is 0 Å². The molecule has 1 aromatic rings. The summed E-state index contributed by atoms with van der Waals surface area (Å²) in [5, 5.41) is 3.00. The van der Waals surface area contributed by atoms with Gasteiger partial charge in [0.15, 0.2) is 0 Å². The van der Waals surface area contributed by atoms with Crippen molar-refractivity contribution in [1.82, 2.24) is 5.32 Å². The van der Waals surface area contributed by atoms with Crippen LogP contribution in [-0.4, -0.2) is 25.0 Å². The fourth-order valence-electron chi connectivity index (χ4n) is 2.92. The number of anilines is 1. The molecule has 4 nitrogen and oxygen atoms in total. The molecular formula is C18H30ClN3O. The predicted molar refractivity (Wildman–Crippen MR) is 99.0 cm³/mol. The standard InChI is InChI=1S/C18H29N3O.ClH/c1-3-14(2)17(19)18(22)20-13-15-9-5-6-10-16(15)21-11-7-4-8-12-21;/h5-6,9-10,14,17H,3-4,7-8,11-13,19H2,1-2H3,(H,20,22);1H. The van der Waals surface area contributed by atoms with Crippen LogP contribution in [0.4, 0.5) is 5.69 Å². The van der Waals surface area contributed by atoms with Crippen molar-refractivity contribution in [2.24, 2.45) is 11.7 Å². The molecule has 2 unspecified atom stereocenters. The van der Waals surface area contributed by atoms with Crippen LogP contribution in [0.25, 0.3) is 0 Å². The van der Waals surface area contributed by atoms with Crippen LogP contribution in [0.5, 0.6) is 0 Å². The Bertz CT molecular complexity index is 489. The molecule has 2 atom stereocenters. The van der Waals surface area contributed by atoms with Crippen LogP contribution >= 0.6 is 12.4 Å². The van der Waals surface area contributed by atoms with E-state index in [1.165, 1.54) is 30.5 Å². The monoisotopic (exact) mass is 339 g/mol. The number of amides is 1. The summed E-state index contributed by atoms with van der Waals surface area (Å²) >= 11 is 0. The van der Waals surface area contributed by atoms with Gasteiger partial charge in [-0.3, -0.25) is 4.79 Å². The lowest BCUT2D eigenvalue weighted by molar-refractivity contribution is -0.123. The normalized spacial score (nSPS) is 17.1. The maximum Gasteiger partial charge on any atom is 0.237 e. The smallest absolute Gasteiger partial charge is 0.237 e. The number of nitrogens with one attached hydrogen (secondary N) is 1. The van der Waals surface area contributed by atoms with E-state index in [0.717, 1.165) is 19.5 Å². The summed E-state index contributed by atoms with van der Waals surface area (Å²) in [6.45, 7) is 6.85. The Kier molecular flexibility index (Phi) is 8.42. The van der Waals surface area contributed by atoms with E-state index in [2.05, 4.69) is 35.3 Å². The summed E-state index contributed by atoms with van der Waals surface area (Å²) < 4.78 is 0. The quantitative estimate of drug-likeness (QED) is 0.837. The zero-order chi connectivity index (χ0) is 15.9. The zero-order valence-corrected chi connectivity index (χ0v) is 15.1. The summed E-state index contributed by atoms with van der Waals surface area (Å²) in [5.74, 6) is 0.153. The van der Waals surface area contributed by atoms with Gasteiger partial charge in [0, 0.05) is 25.3 Å². The molecule has 1 aromatic carbocycles. The first kappa shape index (κ1) is 19.8. The van der Waals surface area contributed by atoms with Gasteiger partial charge < -0.3 is 16.0 Å². The second-order valence-corrected chi connectivity index (χ2v) is 6.31. The molecule has 0 spiro atoms. The summed E-state index contributed by atoms with van der Waals surface area (Å²) in [4.78, 5) is 14.6. The van der Waals surface area contributed by atoms with Gasteiger partial charge in [0.2, 0.25) is 5.91 Å². The van der Waals surface area contributed by atoms with Crippen LogP contribution in [-0.2, 0) is 11.3 Å². The van der Waals surface area contributed by atoms with Crippen molar-refractivity contribution in [1.29, 1.82) is 0 Å². The third kappa shape index (κ3) is 5.40. The molecule has 3 N–H and O–H groups in total. The van der Waals surface area contributed by atoms with Gasteiger partial charge in [0.05, 0.1) is 6.04 Å². The van der Waals surface area contributed by atoms with E-state index in [-0.39, 0.29) is 24.2 Å². The Hall–Kier alpha value is -1.26. The predicted octanol–water partition coefficient (Wildman–Crippen LogP) is 3.09. The van der Waals surface area contributed by atoms with Gasteiger partial charge in [-0.25, -0.2) is 0 Å². The van der Waals surface area contributed by atoms with Crippen LogP contribution in [0.3, 0.4) is 0 Å². The van der Waals surface area contributed by atoms with Gasteiger partial charge in [0.25, 0.3) is 0 Å². The van der Waals surface area contributed by atoms with Gasteiger partial charge >= 0.3 is 0 Å². The molecule has 1 saturated heterocycles. The van der Waals surface area contributed by atoms with Gasteiger partial charge in [0.1, 0.15) is 0 Å². The third-order valence-electron chi connectivity index (χ3n) is 4.70. The number of carbonyl (C=O) groups is 1. The number of hydrogen-bond donors (Lipinski definition) is 2. The van der Waals surface area contributed by atoms with Gasteiger partial charge in [-0.15, -0.1) is 12.4 Å². The maximum atomic E-state index is 12.2. The van der Waals surface area contributed by atoms with E-state index >= 15 is 0 Å². The topological polar surface area (TPSA) is 58.4 Å². The molecule has 1 heterocycles. The molecule has 0 aromatic heterocycles. The van der Waals surface area contributed by atoms with Crippen molar-refractivity contribution in [3.63, 3.8) is 0 Å². The first-order chi connectivity index (χ1) is 10.6. The van der Waals surface area contributed by atoms with E-state index in [0.29, 0.717) is 6.54 Å². The number of rotatable bonds is 6. The van der Waals surface area contributed by atoms with Crippen molar-refractivity contribution in [2.45, 2.75) is 52.1 Å². The fourth-order valence-corrected chi connectivity index (χ4v) is 2.92. The number of nitrogens with zero attached hydrogens (tertiary/aromatic N) is 1. The lowest BCUT2D eigenvalue weighted by Crippen LogP contribution is -2.44. The van der Waals surface area contributed by atoms with Gasteiger partial charge in [-0.05, 0) is 36.8 Å². The van der Waals surface area contributed by atoms with E-state index < -0.39 is 6.04 Å². The van der Waals surface area contributed by atoms with Crippen LogP contribution in [0.15, 0.2) is 24.3 Å². The molecule has 1 aliphatic rings. The molecule has 1 fully saturated rings. The molecule has 1 aliphatic heterocycles. The number of piperidine rings is 1. The molecular weight excluding hydrogens is 310 g/mol. The first-order valence-corrected chi connectivity index (χ1v) is 8.49. The number of nitrogens with two attached hydrogens (primary N) is 1. The number of carbonyl (C=O) groups excluding carboxylic acids is 1. The molecule has 130 valence electrons. The number of benzene rings is 1. The van der Waals surface area contributed by atoms with Crippen LogP contribution < -0.4 is 16.0 Å². The van der Waals surface area contributed by atoms with Crippen molar-refractivity contribution in [2.75, 3.05) is 18.0 Å². The minimum Gasteiger partial charge on any atom is -0.371 e. The molecule has 0 saturated carbocycles. The third-order valence-corrected chi connectivity index (χ3v) is 4.70. The highest BCUT2D eigenvalue weighted by molar-refractivity contribution is 5.85. The molecule has 5 heteroatoms. The highest BCUT2D eigenvalue weighted by Gasteiger charge is 2.20. The minimum atomic E-state index is -0.424. The molecule has 1 amide bonds. The Morgan fingerprint density at radius 1 is 1.26 bits per heavy atom. The molecule has 2 rings (SSSR count). The number of hydrogen-bond acceptors (Lipinski definition) is 3. The summed E-state index contributed by atoms with van der Waals surface area (Å²) in [6.07, 6.45) is 4.73. The largest absolute Gasteiger partial charge is 0.371 e. The van der Waals surface area contributed by atoms with Crippen molar-refractivity contribution >= 4 is 24.0 Å². The Labute approximate surface area is 146 Å². The Balaban J connectivity index is 0.00000264. The summed E-state index contributed by atoms with van der Waals surface area (Å²) in [5.41, 5.74) is 8.42. The van der Waals surface area contributed by atoms with E-state index in [9.17, 15) is 4.79 Å². The molecule has 0 radical (unpaired) electrons. The SMILES string of the molecule is CCC(C)C(N)C(=O)NCc1ccccc1N1CCCCC1.Cl. The average molecular weight is 340 g/mol. The second kappa shape index (κ2) is 9.78. The van der Waals surface area contributed by atoms with E-state index in [1.807, 2.05) is 13.0 Å². The lowest BCUT2D eigenvalue weighted by atomic mass is 9.99. The number of halogens is 1. The van der Waals surface area contributed by atoms with Crippen molar-refractivity contribution < 1.29 is 4.79 Å². The van der Waals surface area contributed by atoms with Crippen molar-refractivity contribution in [3.05, 3.63) is 29.8 Å². The second-order valence-electron chi connectivity index (χ2n) is 6.31. The number of para-hydroxylation sites is 1. The highest BCUT2D eigenvalue weighted by Crippen LogP contribution is 2.24. The average Bonchev–Trinajstić information content (AvgIpc) is 2.59. The van der Waals surface area contributed by atoms with Gasteiger partial charge in [-0.1, -0.05) is 38.5 Å². The van der Waals surface area contributed by atoms with E-state index in [4.69, 9.17) is 5.73 Å². The summed E-state index contributed by atoms with van der Waals surface area (Å²) in [7, 11) is 0. The Morgan fingerprint density at radius 3 is 2.57 bits per heavy atom. The van der Waals surface area contributed by atoms with Crippen molar-refractivity contribution in [3.8, 4) is 0 Å². The molecule has 0 bridgehead atoms. The van der Waals surface area contributed by atoms with E-state index in [1.54, 1.807) is 0 Å². The lowest BCUT2D eigenvalue weighted by Gasteiger charge is -2.30. The zero-order valence-electron chi connectivity index (χ0n) is 14.3. The first-order valence-electron chi connectivity index (χ1n) is 8.49. The maximum absolute atomic E-state index is 12.2. The molecule has 23 heavy (non-hydrogen) atoms. The minimum absolute atomic E-state index is 0. The fraction of sp³-hybridized carbons (Fsp3) is 0.611.